The average molecular weight is 491 g/mol. The molecule has 0 unspecified atom stereocenters. The molecule has 1 saturated carbocycles. The first-order valence-electron chi connectivity index (χ1n) is 12.6. The molecule has 2 fully saturated rings. The van der Waals surface area contributed by atoms with E-state index in [0.717, 1.165) is 24.0 Å². The van der Waals surface area contributed by atoms with Crippen LogP contribution in [-0.4, -0.2) is 54.5 Å². The van der Waals surface area contributed by atoms with Crippen LogP contribution in [0, 0.1) is 11.8 Å². The Bertz CT molecular complexity index is 1180. The van der Waals surface area contributed by atoms with Crippen LogP contribution in [0.2, 0.25) is 0 Å². The van der Waals surface area contributed by atoms with Crippen LogP contribution in [0.3, 0.4) is 0 Å². The van der Waals surface area contributed by atoms with E-state index in [-0.39, 0.29) is 37.5 Å². The summed E-state index contributed by atoms with van der Waals surface area (Å²) in [4.78, 5) is 56.9. The second-order valence-electron chi connectivity index (χ2n) is 9.41. The van der Waals surface area contributed by atoms with Crippen molar-refractivity contribution in [2.24, 2.45) is 11.8 Å². The molecule has 0 bridgehead atoms. The van der Waals surface area contributed by atoms with Crippen molar-refractivity contribution in [3.63, 3.8) is 0 Å². The highest BCUT2D eigenvalue weighted by atomic mass is 16.5. The molecular weight excluding hydrogens is 460 g/mol. The monoisotopic (exact) mass is 490 g/mol. The highest BCUT2D eigenvalue weighted by molar-refractivity contribution is 6.07. The normalized spacial score (nSPS) is 24.7. The predicted molar refractivity (Wildman–Crippen MR) is 131 cm³/mol. The Morgan fingerprint density at radius 1 is 0.889 bits per heavy atom. The zero-order valence-electron chi connectivity index (χ0n) is 20.5. The van der Waals surface area contributed by atoms with Crippen molar-refractivity contribution < 1.29 is 28.7 Å². The van der Waals surface area contributed by atoms with E-state index in [1.54, 1.807) is 30.9 Å². The van der Waals surface area contributed by atoms with Gasteiger partial charge in [0, 0.05) is 17.5 Å². The second kappa shape index (κ2) is 9.76. The summed E-state index contributed by atoms with van der Waals surface area (Å²) in [6, 6.07) is 15.1. The maximum Gasteiger partial charge on any atom is 0.326 e. The van der Waals surface area contributed by atoms with Gasteiger partial charge < -0.3 is 14.4 Å². The Kier molecular flexibility index (Phi) is 6.51. The van der Waals surface area contributed by atoms with Gasteiger partial charge in [-0.05, 0) is 43.9 Å². The Morgan fingerprint density at radius 2 is 1.56 bits per heavy atom. The lowest BCUT2D eigenvalue weighted by molar-refractivity contribution is -0.150. The molecule has 0 aromatic heterocycles. The number of hydrogen-bond donors (Lipinski definition) is 0. The molecule has 2 aromatic rings. The third-order valence-electron chi connectivity index (χ3n) is 7.25. The molecule has 2 amide bonds. The summed E-state index contributed by atoms with van der Waals surface area (Å²) in [6.07, 6.45) is 1.52. The zero-order chi connectivity index (χ0) is 25.4. The minimum absolute atomic E-state index is 0.130. The van der Waals surface area contributed by atoms with Crippen LogP contribution in [0.1, 0.15) is 49.8 Å². The number of para-hydroxylation sites is 1. The fourth-order valence-electron chi connectivity index (χ4n) is 5.69. The quantitative estimate of drug-likeness (QED) is 0.554. The van der Waals surface area contributed by atoms with E-state index in [1.165, 1.54) is 4.90 Å². The SMILES string of the molecule is CCOC(=O)CN1C(=O)[C@@H]2[C@H](c3ccccc31)[C@@H](C(=O)OCC)[C@@H](c1ccccc1)N2C(=O)C1CC1. The summed E-state index contributed by atoms with van der Waals surface area (Å²) in [7, 11) is 0. The van der Waals surface area contributed by atoms with Crippen LogP contribution in [0.5, 0.6) is 0 Å². The molecule has 2 heterocycles. The largest absolute Gasteiger partial charge is 0.466 e. The molecule has 0 N–H and O–H groups in total. The van der Waals surface area contributed by atoms with E-state index >= 15 is 0 Å². The standard InChI is InChI=1S/C28H30N2O6/c1-3-35-21(31)16-29-20-13-9-8-12-19(20)22-23(28(34)36-4-2)24(17-10-6-5-7-11-17)30(25(22)27(29)33)26(32)18-14-15-18/h5-13,18,22-25H,3-4,14-16H2,1-2H3/t22-,23-,24-,25+/m1/s1. The first-order chi connectivity index (χ1) is 17.5. The fourth-order valence-corrected chi connectivity index (χ4v) is 5.69. The molecule has 0 radical (unpaired) electrons. The van der Waals surface area contributed by atoms with Crippen LogP contribution in [-0.2, 0) is 28.7 Å². The number of esters is 2. The van der Waals surface area contributed by atoms with E-state index in [4.69, 9.17) is 9.47 Å². The molecule has 5 rings (SSSR count). The van der Waals surface area contributed by atoms with E-state index < -0.39 is 35.9 Å². The number of amides is 2. The lowest BCUT2D eigenvalue weighted by Crippen LogP contribution is -2.54. The van der Waals surface area contributed by atoms with Gasteiger partial charge in [0.25, 0.3) is 5.91 Å². The summed E-state index contributed by atoms with van der Waals surface area (Å²) in [5.41, 5.74) is 2.08. The zero-order valence-corrected chi connectivity index (χ0v) is 20.5. The van der Waals surface area contributed by atoms with Crippen molar-refractivity contribution in [1.82, 2.24) is 4.90 Å². The first-order valence-corrected chi connectivity index (χ1v) is 12.6. The molecule has 8 nitrogen and oxygen atoms in total. The van der Waals surface area contributed by atoms with Gasteiger partial charge in [-0.15, -0.1) is 0 Å². The van der Waals surface area contributed by atoms with Gasteiger partial charge in [-0.3, -0.25) is 24.1 Å². The van der Waals surface area contributed by atoms with Gasteiger partial charge in [-0.25, -0.2) is 0 Å². The maximum absolute atomic E-state index is 14.1. The molecule has 2 aromatic carbocycles. The van der Waals surface area contributed by atoms with Gasteiger partial charge in [0.2, 0.25) is 5.91 Å². The number of hydrogen-bond acceptors (Lipinski definition) is 6. The van der Waals surface area contributed by atoms with E-state index in [9.17, 15) is 19.2 Å². The molecule has 2 aliphatic heterocycles. The summed E-state index contributed by atoms with van der Waals surface area (Å²) in [5, 5.41) is 0. The Morgan fingerprint density at radius 3 is 2.22 bits per heavy atom. The predicted octanol–water partition coefficient (Wildman–Crippen LogP) is 3.22. The van der Waals surface area contributed by atoms with Gasteiger partial charge >= 0.3 is 11.9 Å². The molecule has 1 aliphatic carbocycles. The van der Waals surface area contributed by atoms with Crippen molar-refractivity contribution in [1.29, 1.82) is 0 Å². The number of likely N-dealkylation sites (tertiary alicyclic amines) is 1. The van der Waals surface area contributed by atoms with Crippen LogP contribution >= 0.6 is 0 Å². The number of carbonyl (C=O) groups is 4. The van der Waals surface area contributed by atoms with Crippen molar-refractivity contribution in [2.45, 2.75) is 44.7 Å². The van der Waals surface area contributed by atoms with Crippen LogP contribution in [0.4, 0.5) is 5.69 Å². The van der Waals surface area contributed by atoms with E-state index in [2.05, 4.69) is 0 Å². The van der Waals surface area contributed by atoms with Gasteiger partial charge in [0.05, 0.1) is 25.2 Å². The van der Waals surface area contributed by atoms with Crippen molar-refractivity contribution in [3.05, 3.63) is 65.7 Å². The minimum Gasteiger partial charge on any atom is -0.466 e. The topological polar surface area (TPSA) is 93.2 Å². The van der Waals surface area contributed by atoms with Gasteiger partial charge in [-0.1, -0.05) is 48.5 Å². The average Bonchev–Trinajstić information content (AvgIpc) is 3.67. The molecule has 4 atom stereocenters. The molecule has 188 valence electrons. The second-order valence-corrected chi connectivity index (χ2v) is 9.41. The van der Waals surface area contributed by atoms with Crippen LogP contribution in [0.15, 0.2) is 54.6 Å². The number of rotatable bonds is 7. The number of fused-ring (bicyclic) bond motifs is 3. The number of anilines is 1. The summed E-state index contributed by atoms with van der Waals surface area (Å²) in [5.74, 6) is -3.01. The molecule has 36 heavy (non-hydrogen) atoms. The maximum atomic E-state index is 14.1. The summed E-state index contributed by atoms with van der Waals surface area (Å²) >= 11 is 0. The number of nitrogens with zero attached hydrogens (tertiary/aromatic N) is 2. The lowest BCUT2D eigenvalue weighted by Gasteiger charge is -2.39. The molecule has 8 heteroatoms. The van der Waals surface area contributed by atoms with Gasteiger partial charge in [-0.2, -0.15) is 0 Å². The first kappa shape index (κ1) is 24.0. The number of carbonyl (C=O) groups excluding carboxylic acids is 4. The molecule has 1 saturated heterocycles. The van der Waals surface area contributed by atoms with Crippen LogP contribution in [0.25, 0.3) is 0 Å². The third kappa shape index (κ3) is 4.04. The van der Waals surface area contributed by atoms with Crippen LogP contribution < -0.4 is 4.90 Å². The summed E-state index contributed by atoms with van der Waals surface area (Å²) < 4.78 is 10.7. The summed E-state index contributed by atoms with van der Waals surface area (Å²) in [6.45, 7) is 3.58. The fraction of sp³-hybridized carbons (Fsp3) is 0.429. The Labute approximate surface area is 210 Å². The molecule has 0 spiro atoms. The van der Waals surface area contributed by atoms with E-state index in [0.29, 0.717) is 5.69 Å². The van der Waals surface area contributed by atoms with Gasteiger partial charge in [0.1, 0.15) is 12.6 Å². The lowest BCUT2D eigenvalue weighted by atomic mass is 9.77. The molecular formula is C28H30N2O6. The van der Waals surface area contributed by atoms with Crippen molar-refractivity contribution in [2.75, 3.05) is 24.7 Å². The highest BCUT2D eigenvalue weighted by Gasteiger charge is 2.62. The minimum atomic E-state index is -0.929. The van der Waals surface area contributed by atoms with E-state index in [1.807, 2.05) is 42.5 Å². The van der Waals surface area contributed by atoms with Crippen molar-refractivity contribution >= 4 is 29.4 Å². The third-order valence-corrected chi connectivity index (χ3v) is 7.25. The van der Waals surface area contributed by atoms with Gasteiger partial charge in [0.15, 0.2) is 0 Å². The molecule has 3 aliphatic rings. The Balaban J connectivity index is 1.69. The number of ether oxygens (including phenoxy) is 2. The Hall–Kier alpha value is -3.68. The highest BCUT2D eigenvalue weighted by Crippen LogP contribution is 2.56. The number of benzene rings is 2. The smallest absolute Gasteiger partial charge is 0.326 e. The van der Waals surface area contributed by atoms with Crippen molar-refractivity contribution in [3.8, 4) is 0 Å².